The molecule has 1 rings (SSSR count). The van der Waals surface area contributed by atoms with Crippen LogP contribution in [0.4, 0.5) is 0 Å². The smallest absolute Gasteiger partial charge is 0.305 e. The largest absolute Gasteiger partial charge is 0.466 e. The second-order valence-electron chi connectivity index (χ2n) is 6.20. The molecule has 1 N–H and O–H groups in total. The normalized spacial score (nSPS) is 26.5. The monoisotopic (exact) mass is 296 g/mol. The summed E-state index contributed by atoms with van der Waals surface area (Å²) in [4.78, 5) is 11.5. The molecular weight excluding hydrogens is 264 g/mol. The van der Waals surface area contributed by atoms with Crippen molar-refractivity contribution in [3.05, 3.63) is 12.2 Å². The second kappa shape index (κ2) is 11.8. The molecule has 0 amide bonds. The van der Waals surface area contributed by atoms with Crippen molar-refractivity contribution in [3.8, 4) is 0 Å². The average Bonchev–Trinajstić information content (AvgIpc) is 2.45. The highest BCUT2D eigenvalue weighted by Gasteiger charge is 2.11. The summed E-state index contributed by atoms with van der Waals surface area (Å²) in [6.07, 6.45) is 15.0. The van der Waals surface area contributed by atoms with Crippen molar-refractivity contribution in [2.24, 2.45) is 5.92 Å². The predicted octanol–water partition coefficient (Wildman–Crippen LogP) is 4.39. The number of aliphatic hydroxyl groups excluding tert-OH is 1. The Morgan fingerprint density at radius 2 is 2.05 bits per heavy atom. The van der Waals surface area contributed by atoms with E-state index < -0.39 is 6.10 Å². The molecule has 0 aromatic carbocycles. The number of ether oxygens (including phenoxy) is 1. The van der Waals surface area contributed by atoms with Gasteiger partial charge in [0.05, 0.1) is 12.7 Å². The van der Waals surface area contributed by atoms with Crippen molar-refractivity contribution < 1.29 is 14.6 Å². The van der Waals surface area contributed by atoms with E-state index in [9.17, 15) is 9.90 Å². The van der Waals surface area contributed by atoms with Gasteiger partial charge in [-0.05, 0) is 31.6 Å². The molecular formula is C18H32O3. The first-order valence-electron chi connectivity index (χ1n) is 8.72. The third-order valence-electron chi connectivity index (χ3n) is 4.21. The molecule has 2 atom stereocenters. The molecule has 0 aromatic heterocycles. The molecule has 0 spiro atoms. The van der Waals surface area contributed by atoms with Crippen LogP contribution < -0.4 is 0 Å². The van der Waals surface area contributed by atoms with Crippen molar-refractivity contribution in [3.63, 3.8) is 0 Å². The lowest BCUT2D eigenvalue weighted by Gasteiger charge is -2.16. The van der Waals surface area contributed by atoms with E-state index in [1.807, 2.05) is 6.08 Å². The highest BCUT2D eigenvalue weighted by molar-refractivity contribution is 5.69. The van der Waals surface area contributed by atoms with Crippen LogP contribution in [0.25, 0.3) is 0 Å². The number of allylic oxidation sites excluding steroid dienone is 1. The van der Waals surface area contributed by atoms with Crippen LogP contribution in [0.5, 0.6) is 0 Å². The van der Waals surface area contributed by atoms with E-state index >= 15 is 0 Å². The number of aliphatic hydroxyl groups is 1. The first kappa shape index (κ1) is 18.2. The number of carbonyl (C=O) groups excluding carboxylic acids is 1. The van der Waals surface area contributed by atoms with Gasteiger partial charge in [-0.2, -0.15) is 0 Å². The van der Waals surface area contributed by atoms with Gasteiger partial charge in [0, 0.05) is 6.42 Å². The van der Waals surface area contributed by atoms with E-state index in [0.29, 0.717) is 31.8 Å². The highest BCUT2D eigenvalue weighted by atomic mass is 16.5. The predicted molar refractivity (Wildman–Crippen MR) is 86.1 cm³/mol. The second-order valence-corrected chi connectivity index (χ2v) is 6.20. The molecule has 0 saturated heterocycles. The average molecular weight is 296 g/mol. The van der Waals surface area contributed by atoms with Gasteiger partial charge in [0.25, 0.3) is 0 Å². The Balaban J connectivity index is 2.36. The third kappa shape index (κ3) is 9.67. The minimum Gasteiger partial charge on any atom is -0.466 e. The number of unbranched alkanes of at least 4 members (excludes halogenated alkanes) is 4. The van der Waals surface area contributed by atoms with Gasteiger partial charge in [-0.15, -0.1) is 0 Å². The lowest BCUT2D eigenvalue weighted by atomic mass is 9.93. The van der Waals surface area contributed by atoms with Crippen molar-refractivity contribution in [2.75, 3.05) is 6.61 Å². The SMILES string of the molecule is CCCCCCCC1C/C=C\[C@H](O)CCCC(=O)OCC1. The quantitative estimate of drug-likeness (QED) is 0.449. The standard InChI is InChI=1S/C18H32O3/c1-2-3-4-5-6-9-16-10-7-11-17(19)12-8-13-18(20)21-15-14-16/h7,11,16-17,19H,2-6,8-10,12-15H2,1H3/b11-7-/t16?,17-/m0/s1. The Labute approximate surface area is 129 Å². The zero-order valence-electron chi connectivity index (χ0n) is 13.6. The first-order chi connectivity index (χ1) is 10.2. The molecule has 1 aliphatic rings. The number of rotatable bonds is 6. The maximum Gasteiger partial charge on any atom is 0.305 e. The van der Waals surface area contributed by atoms with Crippen LogP contribution in [0.1, 0.15) is 77.6 Å². The van der Waals surface area contributed by atoms with Gasteiger partial charge in [-0.1, -0.05) is 57.6 Å². The van der Waals surface area contributed by atoms with Crippen molar-refractivity contribution in [1.82, 2.24) is 0 Å². The van der Waals surface area contributed by atoms with Crippen LogP contribution in [0, 0.1) is 5.92 Å². The third-order valence-corrected chi connectivity index (χ3v) is 4.21. The van der Waals surface area contributed by atoms with Crippen LogP contribution in [-0.2, 0) is 9.53 Å². The van der Waals surface area contributed by atoms with E-state index in [0.717, 1.165) is 12.8 Å². The topological polar surface area (TPSA) is 46.5 Å². The summed E-state index contributed by atoms with van der Waals surface area (Å²) in [5.41, 5.74) is 0. The molecule has 3 heteroatoms. The van der Waals surface area contributed by atoms with Gasteiger partial charge in [0.1, 0.15) is 0 Å². The first-order valence-corrected chi connectivity index (χ1v) is 8.72. The van der Waals surface area contributed by atoms with Gasteiger partial charge < -0.3 is 9.84 Å². The highest BCUT2D eigenvalue weighted by Crippen LogP contribution is 2.20. The minimum atomic E-state index is -0.414. The fourth-order valence-corrected chi connectivity index (χ4v) is 2.81. The Morgan fingerprint density at radius 1 is 1.24 bits per heavy atom. The summed E-state index contributed by atoms with van der Waals surface area (Å²) < 4.78 is 5.28. The lowest BCUT2D eigenvalue weighted by Crippen LogP contribution is -2.12. The Morgan fingerprint density at radius 3 is 2.86 bits per heavy atom. The molecule has 0 aliphatic carbocycles. The van der Waals surface area contributed by atoms with Gasteiger partial charge in [-0.25, -0.2) is 0 Å². The Hall–Kier alpha value is -0.830. The van der Waals surface area contributed by atoms with Crippen LogP contribution >= 0.6 is 0 Å². The summed E-state index contributed by atoms with van der Waals surface area (Å²) in [5, 5.41) is 9.80. The van der Waals surface area contributed by atoms with Crippen LogP contribution in [0.2, 0.25) is 0 Å². The number of hydrogen-bond donors (Lipinski definition) is 1. The molecule has 1 aliphatic heterocycles. The van der Waals surface area contributed by atoms with Crippen molar-refractivity contribution >= 4 is 5.97 Å². The maximum absolute atomic E-state index is 11.5. The molecule has 1 heterocycles. The molecule has 21 heavy (non-hydrogen) atoms. The van der Waals surface area contributed by atoms with Gasteiger partial charge in [-0.3, -0.25) is 4.79 Å². The fourth-order valence-electron chi connectivity index (χ4n) is 2.81. The molecule has 0 bridgehead atoms. The molecule has 1 unspecified atom stereocenters. The van der Waals surface area contributed by atoms with Crippen LogP contribution in [0.3, 0.4) is 0 Å². The van der Waals surface area contributed by atoms with Crippen molar-refractivity contribution in [2.45, 2.75) is 83.7 Å². The number of esters is 1. The van der Waals surface area contributed by atoms with E-state index in [1.165, 1.54) is 38.5 Å². The number of carbonyl (C=O) groups is 1. The van der Waals surface area contributed by atoms with Crippen LogP contribution in [0.15, 0.2) is 12.2 Å². The van der Waals surface area contributed by atoms with Gasteiger partial charge >= 0.3 is 5.97 Å². The number of cyclic esters (lactones) is 1. The summed E-state index contributed by atoms with van der Waals surface area (Å²) >= 11 is 0. The number of hydrogen-bond acceptors (Lipinski definition) is 3. The summed E-state index contributed by atoms with van der Waals surface area (Å²) in [6, 6.07) is 0. The van der Waals surface area contributed by atoms with E-state index in [1.54, 1.807) is 0 Å². The minimum absolute atomic E-state index is 0.117. The molecule has 122 valence electrons. The Bertz CT molecular complexity index is 299. The summed E-state index contributed by atoms with van der Waals surface area (Å²) in [7, 11) is 0. The fraction of sp³-hybridized carbons (Fsp3) is 0.833. The summed E-state index contributed by atoms with van der Waals surface area (Å²) in [5.74, 6) is 0.454. The van der Waals surface area contributed by atoms with Crippen molar-refractivity contribution in [1.29, 1.82) is 0 Å². The molecule has 3 nitrogen and oxygen atoms in total. The van der Waals surface area contributed by atoms with E-state index in [4.69, 9.17) is 4.74 Å². The molecule has 0 aromatic rings. The van der Waals surface area contributed by atoms with Gasteiger partial charge in [0.2, 0.25) is 0 Å². The summed E-state index contributed by atoms with van der Waals surface area (Å²) in [6.45, 7) is 2.78. The van der Waals surface area contributed by atoms with Gasteiger partial charge in [0.15, 0.2) is 0 Å². The zero-order valence-corrected chi connectivity index (χ0v) is 13.6. The molecule has 0 radical (unpaired) electrons. The zero-order chi connectivity index (χ0) is 15.3. The van der Waals surface area contributed by atoms with E-state index in [2.05, 4.69) is 13.0 Å². The van der Waals surface area contributed by atoms with E-state index in [-0.39, 0.29) is 5.97 Å². The Kier molecular flexibility index (Phi) is 10.2. The molecule has 0 fully saturated rings. The molecule has 0 saturated carbocycles. The maximum atomic E-state index is 11.5. The lowest BCUT2D eigenvalue weighted by molar-refractivity contribution is -0.144. The van der Waals surface area contributed by atoms with Crippen LogP contribution in [-0.4, -0.2) is 23.8 Å².